The predicted octanol–water partition coefficient (Wildman–Crippen LogP) is 4.71. The van der Waals surface area contributed by atoms with Gasteiger partial charge in [0.1, 0.15) is 0 Å². The van der Waals surface area contributed by atoms with Crippen molar-refractivity contribution in [2.75, 3.05) is 18.4 Å². The highest BCUT2D eigenvalue weighted by atomic mass is 16.2. The average molecular weight is 468 g/mol. The molecular weight excluding hydrogens is 438 g/mol. The summed E-state index contributed by atoms with van der Waals surface area (Å²) in [7, 11) is 1.76. The van der Waals surface area contributed by atoms with Crippen LogP contribution in [0.5, 0.6) is 0 Å². The maximum atomic E-state index is 13.5. The molecule has 35 heavy (non-hydrogen) atoms. The number of carbonyl (C=O) groups excluding carboxylic acids is 2. The van der Waals surface area contributed by atoms with Crippen LogP contribution < -0.4 is 5.32 Å². The van der Waals surface area contributed by atoms with Gasteiger partial charge in [0.15, 0.2) is 5.69 Å². The van der Waals surface area contributed by atoms with Gasteiger partial charge in [-0.05, 0) is 60.7 Å². The lowest BCUT2D eigenvalue weighted by Gasteiger charge is -2.22. The normalized spacial score (nSPS) is 16.1. The number of hydrogen-bond acceptors (Lipinski definition) is 4. The second kappa shape index (κ2) is 10.1. The second-order valence-corrected chi connectivity index (χ2v) is 9.19. The van der Waals surface area contributed by atoms with E-state index in [9.17, 15) is 9.59 Å². The van der Waals surface area contributed by atoms with E-state index >= 15 is 0 Å². The van der Waals surface area contributed by atoms with E-state index in [2.05, 4.69) is 33.6 Å². The number of rotatable bonds is 5. The molecular formula is C28H29N5O2. The molecule has 2 aromatic heterocycles. The van der Waals surface area contributed by atoms with Crippen molar-refractivity contribution in [1.29, 1.82) is 0 Å². The number of hydrogen-bond donors (Lipinski definition) is 1. The lowest BCUT2D eigenvalue weighted by molar-refractivity contribution is 0.0761. The smallest absolute Gasteiger partial charge is 0.276 e. The molecule has 1 fully saturated rings. The zero-order valence-corrected chi connectivity index (χ0v) is 19.9. The van der Waals surface area contributed by atoms with Gasteiger partial charge in [-0.1, -0.05) is 36.4 Å². The van der Waals surface area contributed by atoms with E-state index in [0.717, 1.165) is 25.7 Å². The van der Waals surface area contributed by atoms with Crippen LogP contribution in [-0.2, 0) is 13.5 Å². The molecule has 0 saturated carbocycles. The Morgan fingerprint density at radius 1 is 1.00 bits per heavy atom. The summed E-state index contributed by atoms with van der Waals surface area (Å²) < 4.78 is 1.58. The van der Waals surface area contributed by atoms with Crippen LogP contribution >= 0.6 is 0 Å². The van der Waals surface area contributed by atoms with Crippen LogP contribution in [0.1, 0.15) is 45.7 Å². The highest BCUT2D eigenvalue weighted by molar-refractivity contribution is 6.08. The predicted molar refractivity (Wildman–Crippen MR) is 136 cm³/mol. The third-order valence-electron chi connectivity index (χ3n) is 6.75. The first-order valence-electron chi connectivity index (χ1n) is 12.1. The molecule has 5 rings (SSSR count). The maximum absolute atomic E-state index is 13.5. The standard InChI is InChI=1S/C28H29N5O2/c1-32-15-13-26(31-32)27(34)30-25-11-5-4-10-24(25)28(35)33-14-6-7-20(12-16-33)17-22-19-29-18-21-8-2-3-9-23(21)22/h2-5,8-11,13,15,18-20H,6-7,12,14,16-17H2,1H3,(H,30,34)/t20-/m0/s1. The number of aromatic nitrogens is 3. The van der Waals surface area contributed by atoms with Crippen LogP contribution in [0.4, 0.5) is 5.69 Å². The van der Waals surface area contributed by atoms with Gasteiger partial charge in [-0.25, -0.2) is 0 Å². The van der Waals surface area contributed by atoms with Crippen molar-refractivity contribution in [3.63, 3.8) is 0 Å². The molecule has 0 unspecified atom stereocenters. The molecule has 0 radical (unpaired) electrons. The monoisotopic (exact) mass is 467 g/mol. The van der Waals surface area contributed by atoms with Gasteiger partial charge < -0.3 is 10.2 Å². The zero-order chi connectivity index (χ0) is 24.2. The first-order valence-corrected chi connectivity index (χ1v) is 12.1. The molecule has 7 nitrogen and oxygen atoms in total. The number of benzene rings is 2. The molecule has 0 aliphatic carbocycles. The fraction of sp³-hybridized carbons (Fsp3) is 0.286. The Morgan fingerprint density at radius 2 is 1.83 bits per heavy atom. The van der Waals surface area contributed by atoms with Crippen molar-refractivity contribution >= 4 is 28.3 Å². The molecule has 3 heterocycles. The number of aryl methyl sites for hydroxylation is 1. The van der Waals surface area contributed by atoms with Crippen molar-refractivity contribution in [1.82, 2.24) is 19.7 Å². The Kier molecular flexibility index (Phi) is 6.57. The van der Waals surface area contributed by atoms with Crippen LogP contribution in [0, 0.1) is 5.92 Å². The number of amides is 2. The Morgan fingerprint density at radius 3 is 2.69 bits per heavy atom. The van der Waals surface area contributed by atoms with E-state index in [1.165, 1.54) is 16.3 Å². The summed E-state index contributed by atoms with van der Waals surface area (Å²) in [6.45, 7) is 1.41. The van der Waals surface area contributed by atoms with Gasteiger partial charge in [-0.2, -0.15) is 5.10 Å². The summed E-state index contributed by atoms with van der Waals surface area (Å²) in [5.74, 6) is 0.124. The molecule has 1 saturated heterocycles. The summed E-state index contributed by atoms with van der Waals surface area (Å²) in [5.41, 5.74) is 2.61. The third kappa shape index (κ3) is 5.09. The number of pyridine rings is 1. The Labute approximate surface area is 204 Å². The number of fused-ring (bicyclic) bond motifs is 1. The fourth-order valence-electron chi connectivity index (χ4n) is 4.90. The maximum Gasteiger partial charge on any atom is 0.276 e. The second-order valence-electron chi connectivity index (χ2n) is 9.19. The topological polar surface area (TPSA) is 80.1 Å². The van der Waals surface area contributed by atoms with E-state index < -0.39 is 0 Å². The van der Waals surface area contributed by atoms with Gasteiger partial charge in [0.05, 0.1) is 11.3 Å². The minimum Gasteiger partial charge on any atom is -0.339 e. The minimum atomic E-state index is -0.328. The SMILES string of the molecule is Cn1ccc(C(=O)Nc2ccccc2C(=O)N2CCC[C@H](Cc3cncc4ccccc34)CC2)n1. The molecule has 1 atom stereocenters. The fourth-order valence-corrected chi connectivity index (χ4v) is 4.90. The molecule has 2 aromatic carbocycles. The van der Waals surface area contributed by atoms with Crippen LogP contribution in [0.25, 0.3) is 10.8 Å². The summed E-state index contributed by atoms with van der Waals surface area (Å²) in [4.78, 5) is 32.5. The van der Waals surface area contributed by atoms with Crippen molar-refractivity contribution in [2.45, 2.75) is 25.7 Å². The zero-order valence-electron chi connectivity index (χ0n) is 19.9. The van der Waals surface area contributed by atoms with E-state index in [1.807, 2.05) is 35.5 Å². The number of anilines is 1. The Bertz CT molecular complexity index is 1360. The van der Waals surface area contributed by atoms with Crippen molar-refractivity contribution in [2.24, 2.45) is 13.0 Å². The van der Waals surface area contributed by atoms with E-state index in [1.54, 1.807) is 36.1 Å². The summed E-state index contributed by atoms with van der Waals surface area (Å²) >= 11 is 0. The van der Waals surface area contributed by atoms with E-state index in [-0.39, 0.29) is 11.8 Å². The lowest BCUT2D eigenvalue weighted by atomic mass is 9.91. The number of nitrogens with one attached hydrogen (secondary N) is 1. The highest BCUT2D eigenvalue weighted by Crippen LogP contribution is 2.27. The van der Waals surface area contributed by atoms with Crippen molar-refractivity contribution in [3.05, 3.63) is 90.0 Å². The van der Waals surface area contributed by atoms with Crippen LogP contribution in [0.15, 0.2) is 73.2 Å². The number of likely N-dealkylation sites (tertiary alicyclic amines) is 1. The van der Waals surface area contributed by atoms with E-state index in [4.69, 9.17) is 0 Å². The molecule has 1 aliphatic rings. The summed E-state index contributed by atoms with van der Waals surface area (Å²) in [5, 5.41) is 9.44. The van der Waals surface area contributed by atoms with Crippen molar-refractivity contribution < 1.29 is 9.59 Å². The van der Waals surface area contributed by atoms with Gasteiger partial charge in [-0.15, -0.1) is 0 Å². The Hall–Kier alpha value is -4.00. The molecule has 2 amide bonds. The first kappa shape index (κ1) is 22.8. The molecule has 1 N–H and O–H groups in total. The minimum absolute atomic E-state index is 0.0469. The molecule has 178 valence electrons. The quantitative estimate of drug-likeness (QED) is 0.461. The Balaban J connectivity index is 1.27. The summed E-state index contributed by atoms with van der Waals surface area (Å²) in [6, 6.07) is 17.2. The van der Waals surface area contributed by atoms with Gasteiger partial charge >= 0.3 is 0 Å². The van der Waals surface area contributed by atoms with Crippen molar-refractivity contribution in [3.8, 4) is 0 Å². The van der Waals surface area contributed by atoms with Gasteiger partial charge in [0, 0.05) is 44.1 Å². The number of para-hydroxylation sites is 1. The van der Waals surface area contributed by atoms with E-state index in [0.29, 0.717) is 36.0 Å². The lowest BCUT2D eigenvalue weighted by Crippen LogP contribution is -2.33. The van der Waals surface area contributed by atoms with Gasteiger partial charge in [0.2, 0.25) is 0 Å². The number of carbonyl (C=O) groups is 2. The first-order chi connectivity index (χ1) is 17.1. The number of nitrogens with zero attached hydrogens (tertiary/aromatic N) is 4. The molecule has 0 bridgehead atoms. The highest BCUT2D eigenvalue weighted by Gasteiger charge is 2.24. The molecule has 4 aromatic rings. The van der Waals surface area contributed by atoms with Gasteiger partial charge in [0.25, 0.3) is 11.8 Å². The van der Waals surface area contributed by atoms with Crippen LogP contribution in [0.2, 0.25) is 0 Å². The average Bonchev–Trinajstić information content (AvgIpc) is 3.18. The molecule has 7 heteroatoms. The molecule has 0 spiro atoms. The summed E-state index contributed by atoms with van der Waals surface area (Å²) in [6.07, 6.45) is 9.55. The van der Waals surface area contributed by atoms with Crippen LogP contribution in [-0.4, -0.2) is 44.6 Å². The largest absolute Gasteiger partial charge is 0.339 e. The van der Waals surface area contributed by atoms with Crippen LogP contribution in [0.3, 0.4) is 0 Å². The third-order valence-corrected chi connectivity index (χ3v) is 6.75. The molecule has 1 aliphatic heterocycles. The van der Waals surface area contributed by atoms with Gasteiger partial charge in [-0.3, -0.25) is 19.3 Å².